The van der Waals surface area contributed by atoms with Gasteiger partial charge in [-0.3, -0.25) is 10.1 Å². The van der Waals surface area contributed by atoms with E-state index in [1.165, 1.54) is 35.8 Å². The van der Waals surface area contributed by atoms with E-state index in [0.717, 1.165) is 19.3 Å². The molecule has 0 bridgehead atoms. The minimum absolute atomic E-state index is 0.0565. The first-order chi connectivity index (χ1) is 11.5. The molecule has 0 heterocycles. The van der Waals surface area contributed by atoms with Crippen molar-refractivity contribution in [3.8, 4) is 0 Å². The summed E-state index contributed by atoms with van der Waals surface area (Å²) in [5, 5.41) is 20.4. The van der Waals surface area contributed by atoms with Gasteiger partial charge in [0.05, 0.1) is 10.5 Å². The van der Waals surface area contributed by atoms with Crippen LogP contribution >= 0.6 is 0 Å². The number of hydrogen-bond donors (Lipinski definition) is 1. The smallest absolute Gasteiger partial charge is 0.336 e. The number of non-ortho nitro benzene ring substituents is 1. The molecule has 0 amide bonds. The van der Waals surface area contributed by atoms with Gasteiger partial charge in [-0.25, -0.2) is 4.79 Å². The second kappa shape index (κ2) is 6.66. The van der Waals surface area contributed by atoms with E-state index < -0.39 is 10.9 Å². The van der Waals surface area contributed by atoms with Crippen LogP contribution in [0.3, 0.4) is 0 Å². The standard InChI is InChI=1S/C19H17NO4/c21-19(22)18(11-13-4-3-7-17(10-13)20(23)24)16-9-8-14-5-1-2-6-15(14)12-16/h3-4,7-12H,1-2,5-6H2,(H,21,22)/b18-11-. The fourth-order valence-corrected chi connectivity index (χ4v) is 3.06. The van der Waals surface area contributed by atoms with Gasteiger partial charge in [0, 0.05) is 12.1 Å². The van der Waals surface area contributed by atoms with Crippen molar-refractivity contribution < 1.29 is 14.8 Å². The summed E-state index contributed by atoms with van der Waals surface area (Å²) in [6, 6.07) is 11.7. The van der Waals surface area contributed by atoms with E-state index in [0.29, 0.717) is 11.1 Å². The molecule has 24 heavy (non-hydrogen) atoms. The van der Waals surface area contributed by atoms with Crippen LogP contribution in [-0.2, 0) is 17.6 Å². The molecule has 0 fully saturated rings. The van der Waals surface area contributed by atoms with Crippen LogP contribution in [0.1, 0.15) is 35.1 Å². The average molecular weight is 323 g/mol. The molecule has 122 valence electrons. The van der Waals surface area contributed by atoms with Crippen molar-refractivity contribution in [2.75, 3.05) is 0 Å². The van der Waals surface area contributed by atoms with E-state index in [2.05, 4.69) is 0 Å². The first kappa shape index (κ1) is 15.9. The number of aliphatic carboxylic acids is 1. The van der Waals surface area contributed by atoms with E-state index in [1.807, 2.05) is 18.2 Å². The molecule has 0 saturated heterocycles. The van der Waals surface area contributed by atoms with E-state index in [-0.39, 0.29) is 11.3 Å². The number of carboxylic acid groups (broad SMARTS) is 1. The Kier molecular flexibility index (Phi) is 4.42. The van der Waals surface area contributed by atoms with Crippen molar-refractivity contribution in [2.24, 2.45) is 0 Å². The van der Waals surface area contributed by atoms with Gasteiger partial charge in [-0.2, -0.15) is 0 Å². The first-order valence-corrected chi connectivity index (χ1v) is 7.86. The predicted molar refractivity (Wildman–Crippen MR) is 91.7 cm³/mol. The lowest BCUT2D eigenvalue weighted by atomic mass is 9.89. The molecule has 0 atom stereocenters. The molecule has 5 heteroatoms. The van der Waals surface area contributed by atoms with Crippen LogP contribution in [0.2, 0.25) is 0 Å². The van der Waals surface area contributed by atoms with Gasteiger partial charge in [0.1, 0.15) is 0 Å². The molecule has 1 N–H and O–H groups in total. The quantitative estimate of drug-likeness (QED) is 0.397. The molecule has 5 nitrogen and oxygen atoms in total. The number of carbonyl (C=O) groups is 1. The number of carboxylic acids is 1. The van der Waals surface area contributed by atoms with Gasteiger partial charge in [0.2, 0.25) is 0 Å². The zero-order chi connectivity index (χ0) is 17.1. The number of nitrogens with zero attached hydrogens (tertiary/aromatic N) is 1. The van der Waals surface area contributed by atoms with Crippen LogP contribution in [0.25, 0.3) is 11.6 Å². The normalized spacial score (nSPS) is 14.1. The average Bonchev–Trinajstić information content (AvgIpc) is 2.59. The highest BCUT2D eigenvalue weighted by Gasteiger charge is 2.15. The summed E-state index contributed by atoms with van der Waals surface area (Å²) in [5.41, 5.74) is 3.70. The maximum atomic E-state index is 11.7. The van der Waals surface area contributed by atoms with E-state index in [1.54, 1.807) is 12.1 Å². The van der Waals surface area contributed by atoms with Crippen molar-refractivity contribution in [1.29, 1.82) is 0 Å². The van der Waals surface area contributed by atoms with E-state index in [9.17, 15) is 20.0 Å². The Morgan fingerprint density at radius 2 is 1.83 bits per heavy atom. The number of benzene rings is 2. The molecule has 2 aromatic rings. The molecule has 0 radical (unpaired) electrons. The van der Waals surface area contributed by atoms with Crippen molar-refractivity contribution in [1.82, 2.24) is 0 Å². The summed E-state index contributed by atoms with van der Waals surface area (Å²) in [5.74, 6) is -1.04. The maximum Gasteiger partial charge on any atom is 0.336 e. The van der Waals surface area contributed by atoms with Gasteiger partial charge >= 0.3 is 5.97 Å². The predicted octanol–water partition coefficient (Wildman–Crippen LogP) is 4.10. The number of rotatable bonds is 4. The van der Waals surface area contributed by atoms with Gasteiger partial charge in [-0.1, -0.05) is 30.3 Å². The molecular formula is C19H17NO4. The Morgan fingerprint density at radius 1 is 1.08 bits per heavy atom. The Bertz CT molecular complexity index is 839. The van der Waals surface area contributed by atoms with Crippen LogP contribution in [0, 0.1) is 10.1 Å². The Hall–Kier alpha value is -2.95. The fraction of sp³-hybridized carbons (Fsp3) is 0.211. The second-order valence-corrected chi connectivity index (χ2v) is 5.91. The molecule has 3 rings (SSSR count). The summed E-state index contributed by atoms with van der Waals surface area (Å²) in [6.07, 6.45) is 5.77. The third-order valence-corrected chi connectivity index (χ3v) is 4.28. The Balaban J connectivity index is 2.02. The summed E-state index contributed by atoms with van der Waals surface area (Å²) < 4.78 is 0. The van der Waals surface area contributed by atoms with Crippen LogP contribution in [-0.4, -0.2) is 16.0 Å². The van der Waals surface area contributed by atoms with Crippen molar-refractivity contribution in [3.05, 3.63) is 74.8 Å². The highest BCUT2D eigenvalue weighted by atomic mass is 16.6. The van der Waals surface area contributed by atoms with Crippen LogP contribution in [0.15, 0.2) is 42.5 Å². The number of nitro groups is 1. The molecule has 2 aromatic carbocycles. The van der Waals surface area contributed by atoms with Gasteiger partial charge in [-0.05, 0) is 54.0 Å². The summed E-state index contributed by atoms with van der Waals surface area (Å²) in [4.78, 5) is 22.1. The van der Waals surface area contributed by atoms with Crippen molar-refractivity contribution in [3.63, 3.8) is 0 Å². The van der Waals surface area contributed by atoms with Crippen LogP contribution < -0.4 is 0 Å². The van der Waals surface area contributed by atoms with E-state index in [4.69, 9.17) is 0 Å². The molecular weight excluding hydrogens is 306 g/mol. The third kappa shape index (κ3) is 3.35. The summed E-state index contributed by atoms with van der Waals surface area (Å²) in [6.45, 7) is 0. The number of fused-ring (bicyclic) bond motifs is 1. The van der Waals surface area contributed by atoms with Crippen molar-refractivity contribution >= 4 is 23.3 Å². The van der Waals surface area contributed by atoms with Gasteiger partial charge < -0.3 is 5.11 Å². The van der Waals surface area contributed by atoms with Gasteiger partial charge in [0.25, 0.3) is 5.69 Å². The zero-order valence-corrected chi connectivity index (χ0v) is 13.1. The SMILES string of the molecule is O=C(O)/C(=C\c1cccc([N+](=O)[O-])c1)c1ccc2c(c1)CCCC2. The third-order valence-electron chi connectivity index (χ3n) is 4.28. The molecule has 0 unspecified atom stereocenters. The molecule has 0 aromatic heterocycles. The summed E-state index contributed by atoms with van der Waals surface area (Å²) >= 11 is 0. The largest absolute Gasteiger partial charge is 0.478 e. The molecule has 0 spiro atoms. The van der Waals surface area contributed by atoms with Gasteiger partial charge in [-0.15, -0.1) is 0 Å². The number of aryl methyl sites for hydroxylation is 2. The number of hydrogen-bond acceptors (Lipinski definition) is 3. The zero-order valence-electron chi connectivity index (χ0n) is 13.1. The highest BCUT2D eigenvalue weighted by Crippen LogP contribution is 2.27. The number of nitro benzene ring substituents is 1. The Labute approximate surface area is 139 Å². The monoisotopic (exact) mass is 323 g/mol. The lowest BCUT2D eigenvalue weighted by Gasteiger charge is -2.16. The first-order valence-electron chi connectivity index (χ1n) is 7.86. The Morgan fingerprint density at radius 3 is 2.54 bits per heavy atom. The van der Waals surface area contributed by atoms with Crippen LogP contribution in [0.4, 0.5) is 5.69 Å². The maximum absolute atomic E-state index is 11.7. The summed E-state index contributed by atoms with van der Waals surface area (Å²) in [7, 11) is 0. The topological polar surface area (TPSA) is 80.4 Å². The molecule has 1 aliphatic rings. The van der Waals surface area contributed by atoms with Crippen LogP contribution in [0.5, 0.6) is 0 Å². The lowest BCUT2D eigenvalue weighted by Crippen LogP contribution is -2.05. The van der Waals surface area contributed by atoms with Gasteiger partial charge in [0.15, 0.2) is 0 Å². The molecule has 0 aliphatic heterocycles. The minimum Gasteiger partial charge on any atom is -0.478 e. The van der Waals surface area contributed by atoms with Crippen molar-refractivity contribution in [2.45, 2.75) is 25.7 Å². The molecule has 1 aliphatic carbocycles. The van der Waals surface area contributed by atoms with E-state index >= 15 is 0 Å². The minimum atomic E-state index is -1.04. The highest BCUT2D eigenvalue weighted by molar-refractivity contribution is 6.20. The fourth-order valence-electron chi connectivity index (χ4n) is 3.06. The second-order valence-electron chi connectivity index (χ2n) is 5.91. The molecule has 0 saturated carbocycles. The lowest BCUT2D eigenvalue weighted by molar-refractivity contribution is -0.384.